The van der Waals surface area contributed by atoms with E-state index in [0.717, 1.165) is 29.2 Å². The summed E-state index contributed by atoms with van der Waals surface area (Å²) in [5.41, 5.74) is 2.90. The normalized spacial score (nSPS) is 15.5. The molecule has 1 aliphatic rings. The third-order valence-corrected chi connectivity index (χ3v) is 6.21. The van der Waals surface area contributed by atoms with Gasteiger partial charge < -0.3 is 18.6 Å². The van der Waals surface area contributed by atoms with E-state index in [2.05, 4.69) is 21.7 Å². The van der Waals surface area contributed by atoms with Crippen molar-refractivity contribution in [1.29, 1.82) is 0 Å². The molecular weight excluding hydrogens is 388 g/mol. The topological polar surface area (TPSA) is 71.2 Å². The first-order valence-corrected chi connectivity index (χ1v) is 10.6. The summed E-state index contributed by atoms with van der Waals surface area (Å²) in [7, 11) is 1.88. The fourth-order valence-corrected chi connectivity index (χ4v) is 4.46. The zero-order valence-corrected chi connectivity index (χ0v) is 17.8. The maximum atomic E-state index is 12.7. The molecule has 29 heavy (non-hydrogen) atoms. The van der Waals surface area contributed by atoms with Crippen molar-refractivity contribution in [3.8, 4) is 11.5 Å². The summed E-state index contributed by atoms with van der Waals surface area (Å²) in [5.74, 6) is 2.51. The minimum atomic E-state index is -0.337. The highest BCUT2D eigenvalue weighted by Gasteiger charge is 2.27. The van der Waals surface area contributed by atoms with Crippen LogP contribution in [0.1, 0.15) is 40.6 Å². The molecule has 0 spiro atoms. The molecule has 0 N–H and O–H groups in total. The van der Waals surface area contributed by atoms with Crippen molar-refractivity contribution in [2.24, 2.45) is 7.05 Å². The number of para-hydroxylation sites is 2. The van der Waals surface area contributed by atoms with Gasteiger partial charge in [-0.15, -0.1) is 10.2 Å². The van der Waals surface area contributed by atoms with Crippen LogP contribution in [-0.4, -0.2) is 37.5 Å². The van der Waals surface area contributed by atoms with Gasteiger partial charge in [-0.05, 0) is 39.0 Å². The first-order chi connectivity index (χ1) is 14.0. The van der Waals surface area contributed by atoms with Gasteiger partial charge in [-0.2, -0.15) is 0 Å². The van der Waals surface area contributed by atoms with Gasteiger partial charge in [0.15, 0.2) is 34.4 Å². The number of hydrogen-bond donors (Lipinski definition) is 0. The smallest absolute Gasteiger partial charge is 0.192 e. The summed E-state index contributed by atoms with van der Waals surface area (Å²) < 4.78 is 15.8. The van der Waals surface area contributed by atoms with E-state index >= 15 is 0 Å². The van der Waals surface area contributed by atoms with E-state index in [-0.39, 0.29) is 11.9 Å². The number of nitrogens with zero attached hydrogens (tertiary/aromatic N) is 4. The van der Waals surface area contributed by atoms with Crippen LogP contribution in [0.2, 0.25) is 0 Å². The van der Waals surface area contributed by atoms with E-state index in [1.807, 2.05) is 55.8 Å². The average Bonchev–Trinajstić information content (AvgIpc) is 3.24. The Morgan fingerprint density at radius 3 is 2.72 bits per heavy atom. The molecule has 3 aromatic rings. The van der Waals surface area contributed by atoms with Gasteiger partial charge in [-0.1, -0.05) is 23.9 Å². The van der Waals surface area contributed by atoms with E-state index < -0.39 is 0 Å². The summed E-state index contributed by atoms with van der Waals surface area (Å²) in [5, 5.41) is 9.22. The number of carbonyl (C=O) groups excluding carboxylic acids is 1. The molecule has 1 unspecified atom stereocenters. The average molecular weight is 413 g/mol. The molecule has 152 valence electrons. The summed E-state index contributed by atoms with van der Waals surface area (Å²) in [6.45, 7) is 7.33. The molecule has 0 saturated heterocycles. The second-order valence-electron chi connectivity index (χ2n) is 7.00. The molecular formula is C21H24N4O3S. The molecule has 0 amide bonds. The van der Waals surface area contributed by atoms with E-state index in [1.165, 1.54) is 11.8 Å². The van der Waals surface area contributed by atoms with Crippen LogP contribution in [0.25, 0.3) is 0 Å². The van der Waals surface area contributed by atoms with Crippen LogP contribution < -0.4 is 9.47 Å². The Labute approximate surface area is 174 Å². The Hall–Kier alpha value is -2.74. The predicted octanol–water partition coefficient (Wildman–Crippen LogP) is 3.74. The highest BCUT2D eigenvalue weighted by Crippen LogP contribution is 2.35. The maximum absolute atomic E-state index is 12.7. The van der Waals surface area contributed by atoms with Crippen LogP contribution >= 0.6 is 11.8 Å². The van der Waals surface area contributed by atoms with Crippen LogP contribution in [-0.2, 0) is 13.6 Å². The van der Waals surface area contributed by atoms with Gasteiger partial charge in [-0.3, -0.25) is 4.79 Å². The summed E-state index contributed by atoms with van der Waals surface area (Å²) >= 11 is 1.39. The second kappa shape index (κ2) is 7.94. The Bertz CT molecular complexity index is 1060. The monoisotopic (exact) mass is 412 g/mol. The molecule has 3 heterocycles. The van der Waals surface area contributed by atoms with E-state index in [1.54, 1.807) is 0 Å². The quantitative estimate of drug-likeness (QED) is 0.454. The Balaban J connectivity index is 1.45. The summed E-state index contributed by atoms with van der Waals surface area (Å²) in [6, 6.07) is 9.54. The van der Waals surface area contributed by atoms with Gasteiger partial charge in [0.2, 0.25) is 0 Å². The first kappa shape index (κ1) is 19.6. The second-order valence-corrected chi connectivity index (χ2v) is 7.95. The molecule has 0 bridgehead atoms. The minimum Gasteiger partial charge on any atom is -0.485 e. The molecule has 0 fully saturated rings. The molecule has 8 heteroatoms. The van der Waals surface area contributed by atoms with Crippen molar-refractivity contribution in [3.05, 3.63) is 53.1 Å². The fourth-order valence-electron chi connectivity index (χ4n) is 3.66. The zero-order valence-electron chi connectivity index (χ0n) is 17.0. The van der Waals surface area contributed by atoms with Crippen molar-refractivity contribution in [2.45, 2.75) is 38.6 Å². The zero-order chi connectivity index (χ0) is 20.5. The number of hydrogen-bond acceptors (Lipinski definition) is 6. The number of Topliss-reactive ketones (excluding diaryl/α,β-unsaturated/α-hetero) is 1. The van der Waals surface area contributed by atoms with E-state index in [9.17, 15) is 4.79 Å². The van der Waals surface area contributed by atoms with Gasteiger partial charge >= 0.3 is 0 Å². The number of aryl methyl sites for hydroxylation is 1. The van der Waals surface area contributed by atoms with Crippen molar-refractivity contribution in [3.63, 3.8) is 0 Å². The molecule has 7 nitrogen and oxygen atoms in total. The summed E-state index contributed by atoms with van der Waals surface area (Å²) in [6.07, 6.45) is -0.337. The van der Waals surface area contributed by atoms with Gasteiger partial charge in [0, 0.05) is 30.5 Å². The molecule has 0 saturated carbocycles. The summed E-state index contributed by atoms with van der Waals surface area (Å²) in [4.78, 5) is 12.7. The number of thioether (sulfide) groups is 1. The molecule has 0 radical (unpaired) electrons. The lowest BCUT2D eigenvalue weighted by Crippen LogP contribution is -2.24. The lowest BCUT2D eigenvalue weighted by atomic mass is 10.2. The molecule has 2 aromatic heterocycles. The predicted molar refractivity (Wildman–Crippen MR) is 111 cm³/mol. The SMILES string of the molecule is CCn1c(C)cc(C(=O)CSc2nnc(C3COc4ccccc4O3)n2C)c1C. The minimum absolute atomic E-state index is 0.0959. The third-order valence-electron chi connectivity index (χ3n) is 5.19. The third kappa shape index (κ3) is 3.64. The van der Waals surface area contributed by atoms with E-state index in [0.29, 0.717) is 29.1 Å². The Morgan fingerprint density at radius 1 is 1.24 bits per heavy atom. The van der Waals surface area contributed by atoms with Crippen LogP contribution in [0.15, 0.2) is 35.5 Å². The van der Waals surface area contributed by atoms with Gasteiger partial charge in [-0.25, -0.2) is 0 Å². The van der Waals surface area contributed by atoms with Crippen molar-refractivity contribution in [1.82, 2.24) is 19.3 Å². The molecule has 1 atom stereocenters. The van der Waals surface area contributed by atoms with Crippen LogP contribution in [0, 0.1) is 13.8 Å². The standard InChI is InChI=1S/C21H24N4O3S/c1-5-25-13(2)10-15(14(25)3)16(26)12-29-21-23-22-20(24(21)4)19-11-27-17-8-6-7-9-18(17)28-19/h6-10,19H,5,11-12H2,1-4H3. The lowest BCUT2D eigenvalue weighted by molar-refractivity contribution is 0.0825. The van der Waals surface area contributed by atoms with Crippen LogP contribution in [0.5, 0.6) is 11.5 Å². The highest BCUT2D eigenvalue weighted by atomic mass is 32.2. The van der Waals surface area contributed by atoms with Gasteiger partial charge in [0.05, 0.1) is 5.75 Å². The van der Waals surface area contributed by atoms with Crippen molar-refractivity contribution < 1.29 is 14.3 Å². The van der Waals surface area contributed by atoms with Crippen molar-refractivity contribution in [2.75, 3.05) is 12.4 Å². The van der Waals surface area contributed by atoms with Gasteiger partial charge in [0.1, 0.15) is 6.61 Å². The largest absolute Gasteiger partial charge is 0.485 e. The molecule has 0 aliphatic carbocycles. The highest BCUT2D eigenvalue weighted by molar-refractivity contribution is 7.99. The number of aromatic nitrogens is 4. The molecule has 1 aromatic carbocycles. The van der Waals surface area contributed by atoms with Gasteiger partial charge in [0.25, 0.3) is 0 Å². The van der Waals surface area contributed by atoms with Crippen LogP contribution in [0.3, 0.4) is 0 Å². The number of ketones is 1. The maximum Gasteiger partial charge on any atom is 0.192 e. The Morgan fingerprint density at radius 2 is 2.00 bits per heavy atom. The first-order valence-electron chi connectivity index (χ1n) is 9.60. The molecule has 4 rings (SSSR count). The number of ether oxygens (including phenoxy) is 2. The Kier molecular flexibility index (Phi) is 5.36. The molecule has 1 aliphatic heterocycles. The number of fused-ring (bicyclic) bond motifs is 1. The number of carbonyl (C=O) groups is 1. The van der Waals surface area contributed by atoms with E-state index in [4.69, 9.17) is 9.47 Å². The lowest BCUT2D eigenvalue weighted by Gasteiger charge is -2.25. The number of benzene rings is 1. The fraction of sp³-hybridized carbons (Fsp3) is 0.381. The van der Waals surface area contributed by atoms with Crippen LogP contribution in [0.4, 0.5) is 0 Å². The van der Waals surface area contributed by atoms with Crippen molar-refractivity contribution >= 4 is 17.5 Å². The number of rotatable bonds is 6.